The molecule has 0 bridgehead atoms. The van der Waals surface area contributed by atoms with E-state index in [-0.39, 0.29) is 10.6 Å². The molecule has 1 aromatic carbocycles. The van der Waals surface area contributed by atoms with Gasteiger partial charge in [-0.1, -0.05) is 25.0 Å². The SMILES string of the molecule is NCCCCCCNS(=O)(=O)c1ccccc1[NH+]([O-])O. The number of hydrogen-bond acceptors (Lipinski definition) is 5. The quantitative estimate of drug-likeness (QED) is 0.375. The van der Waals surface area contributed by atoms with Crippen LogP contribution in [-0.2, 0) is 10.0 Å². The highest BCUT2D eigenvalue weighted by molar-refractivity contribution is 7.89. The smallest absolute Gasteiger partial charge is 0.246 e. The van der Waals surface area contributed by atoms with Crippen LogP contribution in [0.5, 0.6) is 0 Å². The van der Waals surface area contributed by atoms with E-state index in [1.807, 2.05) is 0 Å². The molecule has 7 nitrogen and oxygen atoms in total. The molecule has 0 aliphatic carbocycles. The minimum atomic E-state index is -3.78. The lowest BCUT2D eigenvalue weighted by atomic mass is 10.2. The predicted molar refractivity (Wildman–Crippen MR) is 74.9 cm³/mol. The van der Waals surface area contributed by atoms with E-state index >= 15 is 0 Å². The van der Waals surface area contributed by atoms with Crippen molar-refractivity contribution < 1.29 is 18.9 Å². The maximum absolute atomic E-state index is 12.1. The maximum Gasteiger partial charge on any atom is 0.246 e. The van der Waals surface area contributed by atoms with E-state index < -0.39 is 15.2 Å². The summed E-state index contributed by atoms with van der Waals surface area (Å²) in [6, 6.07) is 5.57. The van der Waals surface area contributed by atoms with E-state index in [0.29, 0.717) is 19.5 Å². The number of nitrogens with two attached hydrogens (primary N) is 1. The number of nitrogens with one attached hydrogen (secondary N) is 2. The summed E-state index contributed by atoms with van der Waals surface area (Å²) in [5.41, 5.74) is 5.15. The highest BCUT2D eigenvalue weighted by atomic mass is 32.2. The molecule has 0 amide bonds. The van der Waals surface area contributed by atoms with Crippen molar-refractivity contribution in [3.63, 3.8) is 0 Å². The molecule has 114 valence electrons. The summed E-state index contributed by atoms with van der Waals surface area (Å²) >= 11 is 0. The van der Waals surface area contributed by atoms with Crippen LogP contribution in [0, 0.1) is 5.21 Å². The average molecular weight is 303 g/mol. The van der Waals surface area contributed by atoms with Gasteiger partial charge in [-0.15, -0.1) is 0 Å². The highest BCUT2D eigenvalue weighted by Gasteiger charge is 2.21. The van der Waals surface area contributed by atoms with E-state index in [1.54, 1.807) is 0 Å². The molecule has 1 rings (SSSR count). The molecule has 8 heteroatoms. The van der Waals surface area contributed by atoms with Gasteiger partial charge in [-0.3, -0.25) is 0 Å². The Kier molecular flexibility index (Phi) is 7.06. The normalized spacial score (nSPS) is 13.3. The fourth-order valence-electron chi connectivity index (χ4n) is 1.78. The molecule has 1 unspecified atom stereocenters. The molecule has 0 spiro atoms. The zero-order chi connectivity index (χ0) is 15.0. The van der Waals surface area contributed by atoms with Crippen LogP contribution < -0.4 is 15.7 Å². The molecule has 5 N–H and O–H groups in total. The van der Waals surface area contributed by atoms with E-state index in [4.69, 9.17) is 10.9 Å². The standard InChI is InChI=1S/C12H21N3O4S/c13-9-5-1-2-6-10-14-20(18,19)12-8-4-3-7-11(12)15(16)17/h3-4,7-8,14-16H,1-2,5-6,9-10,13H2. The molecule has 0 saturated carbocycles. The van der Waals surface area contributed by atoms with Crippen molar-refractivity contribution in [1.29, 1.82) is 0 Å². The van der Waals surface area contributed by atoms with Gasteiger partial charge in [0.15, 0.2) is 5.69 Å². The number of rotatable bonds is 9. The zero-order valence-electron chi connectivity index (χ0n) is 11.2. The molecule has 0 aliphatic rings. The van der Waals surface area contributed by atoms with Gasteiger partial charge in [0.25, 0.3) is 0 Å². The van der Waals surface area contributed by atoms with E-state index in [1.165, 1.54) is 24.3 Å². The number of quaternary nitrogens is 1. The van der Waals surface area contributed by atoms with Gasteiger partial charge in [-0.2, -0.15) is 5.23 Å². The van der Waals surface area contributed by atoms with Crippen molar-refractivity contribution in [2.24, 2.45) is 5.73 Å². The van der Waals surface area contributed by atoms with E-state index in [9.17, 15) is 13.6 Å². The predicted octanol–water partition coefficient (Wildman–Crippen LogP) is -0.113. The van der Waals surface area contributed by atoms with Gasteiger partial charge in [0, 0.05) is 12.6 Å². The van der Waals surface area contributed by atoms with Crippen molar-refractivity contribution in [3.05, 3.63) is 29.5 Å². The first-order valence-electron chi connectivity index (χ1n) is 6.51. The summed E-state index contributed by atoms with van der Waals surface area (Å²) in [6.07, 6.45) is 3.48. The Morgan fingerprint density at radius 3 is 2.50 bits per heavy atom. The molecule has 0 aliphatic heterocycles. The van der Waals surface area contributed by atoms with Gasteiger partial charge in [0.05, 0.1) is 0 Å². The van der Waals surface area contributed by atoms with Gasteiger partial charge in [0.1, 0.15) is 4.90 Å². The number of para-hydroxylation sites is 1. The maximum atomic E-state index is 12.1. The monoisotopic (exact) mass is 303 g/mol. The van der Waals surface area contributed by atoms with Crippen molar-refractivity contribution in [2.45, 2.75) is 30.6 Å². The molecular formula is C12H21N3O4S. The van der Waals surface area contributed by atoms with Crippen LogP contribution >= 0.6 is 0 Å². The number of sulfonamides is 1. The summed E-state index contributed by atoms with van der Waals surface area (Å²) < 4.78 is 26.5. The number of unbranched alkanes of at least 4 members (excludes halogenated alkanes) is 3. The highest BCUT2D eigenvalue weighted by Crippen LogP contribution is 2.16. The third-order valence-corrected chi connectivity index (χ3v) is 4.35. The third-order valence-electron chi connectivity index (χ3n) is 2.83. The van der Waals surface area contributed by atoms with Gasteiger partial charge in [0.2, 0.25) is 10.0 Å². The minimum Gasteiger partial charge on any atom is -0.595 e. The zero-order valence-corrected chi connectivity index (χ0v) is 12.0. The van der Waals surface area contributed by atoms with Crippen LogP contribution in [-0.4, -0.2) is 26.7 Å². The minimum absolute atomic E-state index is 0.200. The Balaban J connectivity index is 2.61. The molecule has 0 saturated heterocycles. The molecule has 0 fully saturated rings. The van der Waals surface area contributed by atoms with E-state index in [0.717, 1.165) is 19.3 Å². The van der Waals surface area contributed by atoms with Gasteiger partial charge >= 0.3 is 0 Å². The summed E-state index contributed by atoms with van der Waals surface area (Å²) in [6.45, 7) is 0.929. The van der Waals surface area contributed by atoms with Crippen LogP contribution in [0.2, 0.25) is 0 Å². The lowest BCUT2D eigenvalue weighted by molar-refractivity contribution is -0.992. The third kappa shape index (κ3) is 5.16. The van der Waals surface area contributed by atoms with Gasteiger partial charge in [-0.25, -0.2) is 18.3 Å². The van der Waals surface area contributed by atoms with Crippen LogP contribution in [0.25, 0.3) is 0 Å². The van der Waals surface area contributed by atoms with Crippen LogP contribution in [0.15, 0.2) is 29.2 Å². The first-order chi connectivity index (χ1) is 9.49. The summed E-state index contributed by atoms with van der Waals surface area (Å²) in [5, 5.41) is 18.8. The van der Waals surface area contributed by atoms with Crippen molar-refractivity contribution >= 4 is 15.7 Å². The van der Waals surface area contributed by atoms with Crippen LogP contribution in [0.1, 0.15) is 25.7 Å². The van der Waals surface area contributed by atoms with Crippen molar-refractivity contribution in [3.8, 4) is 0 Å². The molecule has 0 radical (unpaired) electrons. The first-order valence-corrected chi connectivity index (χ1v) is 7.99. The second kappa shape index (κ2) is 8.30. The lowest BCUT2D eigenvalue weighted by Crippen LogP contribution is -2.99. The summed E-state index contributed by atoms with van der Waals surface area (Å²) in [7, 11) is -3.78. The van der Waals surface area contributed by atoms with Crippen LogP contribution in [0.4, 0.5) is 5.69 Å². The van der Waals surface area contributed by atoms with Crippen molar-refractivity contribution in [1.82, 2.24) is 4.72 Å². The van der Waals surface area contributed by atoms with Crippen molar-refractivity contribution in [2.75, 3.05) is 13.1 Å². The molecule has 0 heterocycles. The van der Waals surface area contributed by atoms with Crippen LogP contribution in [0.3, 0.4) is 0 Å². The van der Waals surface area contributed by atoms with Gasteiger partial charge in [-0.05, 0) is 25.5 Å². The van der Waals surface area contributed by atoms with E-state index in [2.05, 4.69) is 4.72 Å². The average Bonchev–Trinajstić information content (AvgIpc) is 2.42. The largest absolute Gasteiger partial charge is 0.595 e. The summed E-state index contributed by atoms with van der Waals surface area (Å²) in [4.78, 5) is -0.200. The number of hydrogen-bond donors (Lipinski definition) is 4. The van der Waals surface area contributed by atoms with Gasteiger partial charge < -0.3 is 10.9 Å². The molecule has 20 heavy (non-hydrogen) atoms. The molecule has 1 atom stereocenters. The first kappa shape index (κ1) is 17.0. The Labute approximate surface area is 119 Å². The Hall–Kier alpha value is -1.03. The Bertz CT molecular complexity index is 505. The Morgan fingerprint density at radius 1 is 1.20 bits per heavy atom. The summed E-state index contributed by atoms with van der Waals surface area (Å²) in [5.74, 6) is 0. The fourth-order valence-corrected chi connectivity index (χ4v) is 3.06. The molecular weight excluding hydrogens is 282 g/mol. The number of benzene rings is 1. The molecule has 0 aromatic heterocycles. The lowest BCUT2D eigenvalue weighted by Gasteiger charge is -2.15. The fraction of sp³-hybridized carbons (Fsp3) is 0.500. The molecule has 1 aromatic rings. The second-order valence-corrected chi connectivity index (χ2v) is 6.14. The topological polar surface area (TPSA) is 120 Å². The second-order valence-electron chi connectivity index (χ2n) is 4.40. The Morgan fingerprint density at radius 2 is 1.85 bits per heavy atom.